The first-order chi connectivity index (χ1) is 11.8. The first-order valence-corrected chi connectivity index (χ1v) is 10.4. The molecule has 0 aromatic heterocycles. The molecule has 0 atom stereocenters. The van der Waals surface area contributed by atoms with Gasteiger partial charge in [-0.25, -0.2) is 12.7 Å². The van der Waals surface area contributed by atoms with E-state index in [1.807, 2.05) is 0 Å². The number of nitrogens with one attached hydrogen (secondary N) is 1. The Morgan fingerprint density at radius 3 is 2.44 bits per heavy atom. The van der Waals surface area contributed by atoms with Crippen LogP contribution in [0.5, 0.6) is 0 Å². The van der Waals surface area contributed by atoms with E-state index in [1.165, 1.54) is 4.31 Å². The molecule has 1 amide bonds. The zero-order valence-electron chi connectivity index (χ0n) is 14.0. The van der Waals surface area contributed by atoms with Crippen molar-refractivity contribution >= 4 is 39.1 Å². The quantitative estimate of drug-likeness (QED) is 0.702. The molecule has 1 aromatic carbocycles. The number of methoxy groups -OCH3 is 1. The number of halogens is 2. The maximum Gasteiger partial charge on any atom is 0.223 e. The Labute approximate surface area is 158 Å². The highest BCUT2D eigenvalue weighted by atomic mass is 35.5. The van der Waals surface area contributed by atoms with Gasteiger partial charge in [0.1, 0.15) is 0 Å². The van der Waals surface area contributed by atoms with E-state index in [2.05, 4.69) is 5.32 Å². The Hall–Kier alpha value is -0.860. The van der Waals surface area contributed by atoms with Gasteiger partial charge in [0, 0.05) is 48.3 Å². The monoisotopic (exact) mass is 408 g/mol. The molecule has 0 bridgehead atoms. The molecule has 25 heavy (non-hydrogen) atoms. The fourth-order valence-electron chi connectivity index (χ4n) is 2.76. The predicted molar refractivity (Wildman–Crippen MR) is 98.3 cm³/mol. The minimum atomic E-state index is -3.54. The average molecular weight is 409 g/mol. The number of ether oxygens (including phenoxy) is 1. The van der Waals surface area contributed by atoms with Gasteiger partial charge in [-0.1, -0.05) is 29.3 Å². The topological polar surface area (TPSA) is 75.7 Å². The molecule has 140 valence electrons. The number of carbonyl (C=O) groups is 1. The zero-order valence-corrected chi connectivity index (χ0v) is 16.3. The largest absolute Gasteiger partial charge is 0.383 e. The molecule has 0 unspecified atom stereocenters. The molecule has 1 saturated heterocycles. The number of hydrogen-bond donors (Lipinski definition) is 1. The number of carbonyl (C=O) groups excluding carboxylic acids is 1. The highest BCUT2D eigenvalue weighted by molar-refractivity contribution is 7.88. The molecule has 0 saturated carbocycles. The van der Waals surface area contributed by atoms with Crippen molar-refractivity contribution in [3.05, 3.63) is 33.8 Å². The number of benzene rings is 1. The van der Waals surface area contributed by atoms with Crippen molar-refractivity contribution in [3.63, 3.8) is 0 Å². The van der Waals surface area contributed by atoms with Gasteiger partial charge >= 0.3 is 0 Å². The van der Waals surface area contributed by atoms with E-state index in [0.29, 0.717) is 54.7 Å². The number of hydrogen-bond acceptors (Lipinski definition) is 4. The van der Waals surface area contributed by atoms with Crippen LogP contribution in [0.1, 0.15) is 18.4 Å². The van der Waals surface area contributed by atoms with E-state index in [1.54, 1.807) is 25.3 Å². The fraction of sp³-hybridized carbons (Fsp3) is 0.562. The molecule has 1 N–H and O–H groups in total. The summed E-state index contributed by atoms with van der Waals surface area (Å²) >= 11 is 12.1. The summed E-state index contributed by atoms with van der Waals surface area (Å²) in [6, 6.07) is 4.91. The highest BCUT2D eigenvalue weighted by Crippen LogP contribution is 2.28. The Balaban J connectivity index is 1.94. The molecule has 0 aliphatic carbocycles. The van der Waals surface area contributed by atoms with Crippen molar-refractivity contribution < 1.29 is 17.9 Å². The lowest BCUT2D eigenvalue weighted by Crippen LogP contribution is -2.43. The van der Waals surface area contributed by atoms with Gasteiger partial charge in [0.25, 0.3) is 0 Å². The molecule has 1 aliphatic rings. The number of piperidine rings is 1. The van der Waals surface area contributed by atoms with E-state index in [-0.39, 0.29) is 17.6 Å². The second-order valence-electron chi connectivity index (χ2n) is 5.91. The SMILES string of the molecule is COCCNC(=O)C1CCN(S(=O)(=O)Cc2c(Cl)cccc2Cl)CC1. The van der Waals surface area contributed by atoms with Crippen LogP contribution in [-0.4, -0.2) is 52.0 Å². The van der Waals surface area contributed by atoms with Gasteiger partial charge in [-0.2, -0.15) is 0 Å². The van der Waals surface area contributed by atoms with Crippen LogP contribution < -0.4 is 5.32 Å². The van der Waals surface area contributed by atoms with Gasteiger partial charge < -0.3 is 10.1 Å². The van der Waals surface area contributed by atoms with Crippen LogP contribution in [0.2, 0.25) is 10.0 Å². The van der Waals surface area contributed by atoms with E-state index >= 15 is 0 Å². The third-order valence-corrected chi connectivity index (χ3v) is 6.73. The van der Waals surface area contributed by atoms with Crippen molar-refractivity contribution in [2.45, 2.75) is 18.6 Å². The molecule has 1 aromatic rings. The molecule has 1 aliphatic heterocycles. The second kappa shape index (κ2) is 9.19. The van der Waals surface area contributed by atoms with Crippen LogP contribution in [0.3, 0.4) is 0 Å². The lowest BCUT2D eigenvalue weighted by Gasteiger charge is -2.30. The summed E-state index contributed by atoms with van der Waals surface area (Å²) in [4.78, 5) is 12.0. The lowest BCUT2D eigenvalue weighted by molar-refractivity contribution is -0.126. The smallest absolute Gasteiger partial charge is 0.223 e. The maximum absolute atomic E-state index is 12.6. The third-order valence-electron chi connectivity index (χ3n) is 4.21. The van der Waals surface area contributed by atoms with Crippen molar-refractivity contribution in [1.82, 2.24) is 9.62 Å². The van der Waals surface area contributed by atoms with Gasteiger partial charge in [-0.05, 0) is 25.0 Å². The first-order valence-electron chi connectivity index (χ1n) is 8.02. The van der Waals surface area contributed by atoms with E-state index in [0.717, 1.165) is 0 Å². The molecule has 9 heteroatoms. The maximum atomic E-state index is 12.6. The van der Waals surface area contributed by atoms with E-state index < -0.39 is 10.0 Å². The van der Waals surface area contributed by atoms with Crippen LogP contribution >= 0.6 is 23.2 Å². The van der Waals surface area contributed by atoms with Crippen molar-refractivity contribution in [3.8, 4) is 0 Å². The van der Waals surface area contributed by atoms with Crippen molar-refractivity contribution in [2.24, 2.45) is 5.92 Å². The molecule has 2 rings (SSSR count). The molecular formula is C16H22Cl2N2O4S. The predicted octanol–water partition coefficient (Wildman–Crippen LogP) is 2.30. The molecule has 6 nitrogen and oxygen atoms in total. The normalized spacial score (nSPS) is 16.8. The number of rotatable bonds is 7. The van der Waals surface area contributed by atoms with Crippen LogP contribution in [-0.2, 0) is 25.3 Å². The third kappa shape index (κ3) is 5.56. The number of sulfonamides is 1. The van der Waals surface area contributed by atoms with Crippen LogP contribution in [0.15, 0.2) is 18.2 Å². The summed E-state index contributed by atoms with van der Waals surface area (Å²) in [5.41, 5.74) is 0.408. The number of amides is 1. The first kappa shape index (κ1) is 20.5. The highest BCUT2D eigenvalue weighted by Gasteiger charge is 2.31. The summed E-state index contributed by atoms with van der Waals surface area (Å²) in [5.74, 6) is -0.466. The van der Waals surface area contributed by atoms with E-state index in [4.69, 9.17) is 27.9 Å². The zero-order chi connectivity index (χ0) is 18.4. The van der Waals surface area contributed by atoms with Crippen LogP contribution in [0, 0.1) is 5.92 Å². The van der Waals surface area contributed by atoms with Gasteiger partial charge in [0.2, 0.25) is 15.9 Å². The molecule has 0 radical (unpaired) electrons. The van der Waals surface area contributed by atoms with Crippen LogP contribution in [0.4, 0.5) is 0 Å². The minimum Gasteiger partial charge on any atom is -0.383 e. The minimum absolute atomic E-state index is 0.0525. The summed E-state index contributed by atoms with van der Waals surface area (Å²) in [5, 5.41) is 3.47. The Morgan fingerprint density at radius 2 is 1.88 bits per heavy atom. The fourth-order valence-corrected chi connectivity index (χ4v) is 5.08. The Bertz CT molecular complexity index is 684. The van der Waals surface area contributed by atoms with Gasteiger partial charge in [0.15, 0.2) is 0 Å². The average Bonchev–Trinajstić information content (AvgIpc) is 2.58. The Kier molecular flexibility index (Phi) is 7.51. The molecule has 0 spiro atoms. The summed E-state index contributed by atoms with van der Waals surface area (Å²) in [6.45, 7) is 1.54. The Morgan fingerprint density at radius 1 is 1.28 bits per heavy atom. The summed E-state index contributed by atoms with van der Waals surface area (Å²) < 4.78 is 31.6. The molecule has 1 heterocycles. The van der Waals surface area contributed by atoms with Crippen molar-refractivity contribution in [1.29, 1.82) is 0 Å². The summed E-state index contributed by atoms with van der Waals surface area (Å²) in [7, 11) is -1.97. The number of nitrogens with zero attached hydrogens (tertiary/aromatic N) is 1. The van der Waals surface area contributed by atoms with Crippen molar-refractivity contribution in [2.75, 3.05) is 33.4 Å². The molecule has 1 fully saturated rings. The molecular weight excluding hydrogens is 387 g/mol. The van der Waals surface area contributed by atoms with Gasteiger partial charge in [0.05, 0.1) is 12.4 Å². The van der Waals surface area contributed by atoms with E-state index in [9.17, 15) is 13.2 Å². The van der Waals surface area contributed by atoms with Crippen LogP contribution in [0.25, 0.3) is 0 Å². The summed E-state index contributed by atoms with van der Waals surface area (Å²) in [6.07, 6.45) is 0.989. The van der Waals surface area contributed by atoms with Gasteiger partial charge in [-0.15, -0.1) is 0 Å². The standard InChI is InChI=1S/C16H22Cl2N2O4S/c1-24-10-7-19-16(21)12-5-8-20(9-6-12)25(22,23)11-13-14(17)3-2-4-15(13)18/h2-4,12H,5-11H2,1H3,(H,19,21). The lowest BCUT2D eigenvalue weighted by atomic mass is 9.97. The second-order valence-corrected chi connectivity index (χ2v) is 8.70. The van der Waals surface area contributed by atoms with Gasteiger partial charge in [-0.3, -0.25) is 4.79 Å².